The molecule has 2 aromatic carbocycles. The number of methoxy groups -OCH3 is 1. The van der Waals surface area contributed by atoms with E-state index >= 15 is 0 Å². The van der Waals surface area contributed by atoms with Gasteiger partial charge in [0.2, 0.25) is 0 Å². The monoisotopic (exact) mass is 380 g/mol. The predicted octanol–water partition coefficient (Wildman–Crippen LogP) is 2.58. The Hall–Kier alpha value is -3.68. The summed E-state index contributed by atoms with van der Waals surface area (Å²) in [6, 6.07) is 11.3. The Balaban J connectivity index is 1.93. The molecule has 1 heterocycles. The molecule has 2 amide bonds. The van der Waals surface area contributed by atoms with E-state index in [0.29, 0.717) is 22.2 Å². The van der Waals surface area contributed by atoms with E-state index in [4.69, 9.17) is 0 Å². The zero-order valence-electron chi connectivity index (χ0n) is 15.7. The number of rotatable bonds is 4. The van der Waals surface area contributed by atoms with E-state index in [1.54, 1.807) is 18.2 Å². The molecular weight excluding hydrogens is 360 g/mol. The molecule has 0 fully saturated rings. The maximum atomic E-state index is 12.2. The quantitative estimate of drug-likeness (QED) is 0.602. The van der Waals surface area contributed by atoms with Gasteiger partial charge in [0, 0.05) is 16.6 Å². The van der Waals surface area contributed by atoms with Crippen molar-refractivity contribution in [3.05, 3.63) is 58.4 Å². The van der Waals surface area contributed by atoms with Crippen molar-refractivity contribution >= 4 is 28.5 Å². The Morgan fingerprint density at radius 3 is 2.57 bits per heavy atom. The summed E-state index contributed by atoms with van der Waals surface area (Å²) in [5.41, 5.74) is 2.46. The van der Waals surface area contributed by atoms with Gasteiger partial charge in [-0.1, -0.05) is 30.3 Å². The molecule has 3 rings (SSSR count). The molecule has 0 bridgehead atoms. The number of ether oxygens (including phenoxy) is 1. The van der Waals surface area contributed by atoms with Crippen LogP contribution in [0.15, 0.2) is 47.3 Å². The third-order valence-corrected chi connectivity index (χ3v) is 4.36. The maximum Gasteiger partial charge on any atom is 0.328 e. The van der Waals surface area contributed by atoms with Crippen LogP contribution < -0.4 is 16.2 Å². The van der Waals surface area contributed by atoms with Crippen molar-refractivity contribution in [3.8, 4) is 11.3 Å². The van der Waals surface area contributed by atoms with Gasteiger partial charge in [-0.15, -0.1) is 0 Å². The van der Waals surface area contributed by atoms with E-state index < -0.39 is 18.0 Å². The zero-order chi connectivity index (χ0) is 20.3. The summed E-state index contributed by atoms with van der Waals surface area (Å²) in [4.78, 5) is 35.7. The standard InChI is InChI=1S/C20H20N4O4/c1-11-8-9-13(10-16(11)22-20(27)21-12(2)19(26)28-3)17-14-6-4-5-7-15(14)18(25)24-23-17/h4-10,12H,1-3H3,(H,24,25)(H2,21,22,27)/t12-/m0/s1. The summed E-state index contributed by atoms with van der Waals surface area (Å²) in [5.74, 6) is -0.537. The van der Waals surface area contributed by atoms with E-state index in [9.17, 15) is 14.4 Å². The normalized spacial score (nSPS) is 11.7. The van der Waals surface area contributed by atoms with Gasteiger partial charge in [0.05, 0.1) is 18.2 Å². The molecule has 144 valence electrons. The van der Waals surface area contributed by atoms with E-state index in [-0.39, 0.29) is 5.56 Å². The number of esters is 1. The average molecular weight is 380 g/mol. The number of hydrogen-bond acceptors (Lipinski definition) is 5. The minimum atomic E-state index is -0.779. The molecule has 0 aliphatic heterocycles. The van der Waals surface area contributed by atoms with Crippen LogP contribution in [0.2, 0.25) is 0 Å². The van der Waals surface area contributed by atoms with Crippen molar-refractivity contribution in [2.45, 2.75) is 19.9 Å². The fourth-order valence-corrected chi connectivity index (χ4v) is 2.83. The Labute approximate surface area is 160 Å². The number of urea groups is 1. The first-order valence-corrected chi connectivity index (χ1v) is 8.64. The zero-order valence-corrected chi connectivity index (χ0v) is 15.7. The van der Waals surface area contributed by atoms with Gasteiger partial charge < -0.3 is 15.4 Å². The lowest BCUT2D eigenvalue weighted by molar-refractivity contribution is -0.142. The van der Waals surface area contributed by atoms with E-state index in [0.717, 1.165) is 11.1 Å². The predicted molar refractivity (Wildman–Crippen MR) is 106 cm³/mol. The Bertz CT molecular complexity index is 1110. The van der Waals surface area contributed by atoms with E-state index in [1.165, 1.54) is 14.0 Å². The molecule has 0 aliphatic carbocycles. The summed E-state index contributed by atoms with van der Waals surface area (Å²) in [6.45, 7) is 3.38. The van der Waals surface area contributed by atoms with Gasteiger partial charge in [-0.2, -0.15) is 5.10 Å². The van der Waals surface area contributed by atoms with Crippen molar-refractivity contribution in [1.82, 2.24) is 15.5 Å². The Kier molecular flexibility index (Phi) is 5.39. The Morgan fingerprint density at radius 2 is 1.86 bits per heavy atom. The number of nitrogens with one attached hydrogen (secondary N) is 3. The minimum Gasteiger partial charge on any atom is -0.467 e. The number of amides is 2. The number of carbonyl (C=O) groups is 2. The van der Waals surface area contributed by atoms with Crippen LogP contribution in [0.1, 0.15) is 12.5 Å². The largest absolute Gasteiger partial charge is 0.467 e. The molecule has 8 nitrogen and oxygen atoms in total. The number of benzene rings is 2. The van der Waals surface area contributed by atoms with Crippen LogP contribution in [-0.4, -0.2) is 35.3 Å². The summed E-state index contributed by atoms with van der Waals surface area (Å²) >= 11 is 0. The van der Waals surface area contributed by atoms with Crippen LogP contribution in [0.4, 0.5) is 10.5 Å². The van der Waals surface area contributed by atoms with Gasteiger partial charge in [0.15, 0.2) is 0 Å². The number of H-pyrrole nitrogens is 1. The smallest absolute Gasteiger partial charge is 0.328 e. The van der Waals surface area contributed by atoms with Crippen molar-refractivity contribution in [1.29, 1.82) is 0 Å². The molecule has 0 saturated heterocycles. The average Bonchev–Trinajstić information content (AvgIpc) is 2.69. The first kappa shape index (κ1) is 19.1. The molecule has 8 heteroatoms. The van der Waals surface area contributed by atoms with E-state index in [2.05, 4.69) is 25.6 Å². The van der Waals surface area contributed by atoms with Crippen molar-refractivity contribution in [2.75, 3.05) is 12.4 Å². The van der Waals surface area contributed by atoms with Crippen LogP contribution in [-0.2, 0) is 9.53 Å². The van der Waals surface area contributed by atoms with E-state index in [1.807, 2.05) is 31.2 Å². The highest BCUT2D eigenvalue weighted by atomic mass is 16.5. The molecule has 0 radical (unpaired) electrons. The number of nitrogens with zero attached hydrogens (tertiary/aromatic N) is 1. The van der Waals surface area contributed by atoms with Gasteiger partial charge in [-0.25, -0.2) is 14.7 Å². The van der Waals surface area contributed by atoms with Gasteiger partial charge in [-0.05, 0) is 31.5 Å². The molecule has 3 N–H and O–H groups in total. The molecular formula is C20H20N4O4. The number of aromatic nitrogens is 2. The second-order valence-electron chi connectivity index (χ2n) is 6.32. The van der Waals surface area contributed by atoms with Gasteiger partial charge in [-0.3, -0.25) is 4.79 Å². The molecule has 0 aliphatic rings. The highest BCUT2D eigenvalue weighted by Gasteiger charge is 2.17. The third-order valence-electron chi connectivity index (χ3n) is 4.36. The van der Waals surface area contributed by atoms with Gasteiger partial charge in [0.25, 0.3) is 5.56 Å². The molecule has 1 aromatic heterocycles. The Morgan fingerprint density at radius 1 is 1.14 bits per heavy atom. The highest BCUT2D eigenvalue weighted by Crippen LogP contribution is 2.28. The first-order valence-electron chi connectivity index (χ1n) is 8.64. The lowest BCUT2D eigenvalue weighted by atomic mass is 10.0. The maximum absolute atomic E-state index is 12.2. The lowest BCUT2D eigenvalue weighted by Crippen LogP contribution is -2.41. The fraction of sp³-hybridized carbons (Fsp3) is 0.200. The second kappa shape index (κ2) is 7.91. The fourth-order valence-electron chi connectivity index (χ4n) is 2.83. The van der Waals surface area contributed by atoms with Crippen LogP contribution in [0, 0.1) is 6.92 Å². The van der Waals surface area contributed by atoms with Crippen LogP contribution in [0.5, 0.6) is 0 Å². The van der Waals surface area contributed by atoms with Crippen LogP contribution >= 0.6 is 0 Å². The van der Waals surface area contributed by atoms with Crippen LogP contribution in [0.25, 0.3) is 22.0 Å². The third kappa shape index (κ3) is 3.85. The number of aromatic amines is 1. The van der Waals surface area contributed by atoms with Crippen molar-refractivity contribution in [2.24, 2.45) is 0 Å². The molecule has 0 unspecified atom stereocenters. The summed E-state index contributed by atoms with van der Waals surface area (Å²) in [7, 11) is 1.26. The van der Waals surface area contributed by atoms with Gasteiger partial charge >= 0.3 is 12.0 Å². The molecule has 3 aromatic rings. The molecule has 0 saturated carbocycles. The number of hydrogen-bond donors (Lipinski definition) is 3. The number of carbonyl (C=O) groups excluding carboxylic acids is 2. The summed E-state index contributed by atoms with van der Waals surface area (Å²) in [5, 5.41) is 13.2. The number of fused-ring (bicyclic) bond motifs is 1. The van der Waals surface area contributed by atoms with Crippen molar-refractivity contribution < 1.29 is 14.3 Å². The molecule has 28 heavy (non-hydrogen) atoms. The number of aryl methyl sites for hydroxylation is 1. The summed E-state index contributed by atoms with van der Waals surface area (Å²) < 4.78 is 4.60. The number of anilines is 1. The topological polar surface area (TPSA) is 113 Å². The second-order valence-corrected chi connectivity index (χ2v) is 6.32. The minimum absolute atomic E-state index is 0.263. The first-order chi connectivity index (χ1) is 13.4. The van der Waals surface area contributed by atoms with Crippen LogP contribution in [0.3, 0.4) is 0 Å². The van der Waals surface area contributed by atoms with Crippen molar-refractivity contribution in [3.63, 3.8) is 0 Å². The highest BCUT2D eigenvalue weighted by molar-refractivity contribution is 5.96. The SMILES string of the molecule is COC(=O)[C@H](C)NC(=O)Nc1cc(-c2n[nH]c(=O)c3ccccc23)ccc1C. The molecule has 0 spiro atoms. The molecule has 1 atom stereocenters. The van der Waals surface area contributed by atoms with Gasteiger partial charge in [0.1, 0.15) is 6.04 Å². The summed E-state index contributed by atoms with van der Waals surface area (Å²) in [6.07, 6.45) is 0. The lowest BCUT2D eigenvalue weighted by Gasteiger charge is -2.15.